The molecule has 1 fully saturated rings. The van der Waals surface area contributed by atoms with Gasteiger partial charge >= 0.3 is 0 Å². The second-order valence-corrected chi connectivity index (χ2v) is 8.20. The van der Waals surface area contributed by atoms with Crippen molar-refractivity contribution >= 4 is 40.7 Å². The molecule has 1 N–H and O–H groups in total. The van der Waals surface area contributed by atoms with E-state index in [-0.39, 0.29) is 17.4 Å². The largest absolute Gasteiger partial charge is 0.507 e. The van der Waals surface area contributed by atoms with Crippen molar-refractivity contribution in [2.45, 2.75) is 32.4 Å². The van der Waals surface area contributed by atoms with E-state index in [2.05, 4.69) is 0 Å². The number of nitrogens with zero attached hydrogens (tertiary/aromatic N) is 1. The Balaban J connectivity index is 2.01. The predicted molar refractivity (Wildman–Crippen MR) is 118 cm³/mol. The Hall–Kier alpha value is -2.34. The summed E-state index contributed by atoms with van der Waals surface area (Å²) in [6.07, 6.45) is 0.647. The highest BCUT2D eigenvalue weighted by molar-refractivity contribution is 6.46. The number of benzene rings is 2. The van der Waals surface area contributed by atoms with Crippen molar-refractivity contribution in [2.24, 2.45) is 0 Å². The van der Waals surface area contributed by atoms with E-state index in [0.717, 1.165) is 0 Å². The minimum absolute atomic E-state index is 0.0504. The first-order valence-electron chi connectivity index (χ1n) is 9.71. The van der Waals surface area contributed by atoms with E-state index in [4.69, 9.17) is 27.9 Å². The van der Waals surface area contributed by atoms with Crippen LogP contribution >= 0.6 is 23.2 Å². The molecule has 1 amide bonds. The molecule has 2 aromatic rings. The number of carbonyl (C=O) groups is 2. The van der Waals surface area contributed by atoms with Gasteiger partial charge in [-0.15, -0.1) is 0 Å². The highest BCUT2D eigenvalue weighted by Gasteiger charge is 2.45. The molecule has 0 saturated carbocycles. The summed E-state index contributed by atoms with van der Waals surface area (Å²) in [5, 5.41) is 12.0. The van der Waals surface area contributed by atoms with Crippen molar-refractivity contribution in [3.8, 4) is 0 Å². The minimum Gasteiger partial charge on any atom is -0.507 e. The predicted octanol–water partition coefficient (Wildman–Crippen LogP) is 5.23. The number of amides is 1. The molecule has 1 aliphatic heterocycles. The van der Waals surface area contributed by atoms with Crippen LogP contribution in [0.3, 0.4) is 0 Å². The Kier molecular flexibility index (Phi) is 7.19. The van der Waals surface area contributed by atoms with Gasteiger partial charge in [0.05, 0.1) is 17.7 Å². The second-order valence-electron chi connectivity index (χ2n) is 7.32. The number of likely N-dealkylation sites (tertiary alicyclic amines) is 1. The molecule has 7 heteroatoms. The number of ketones is 1. The van der Waals surface area contributed by atoms with Gasteiger partial charge in [-0.05, 0) is 62.2 Å². The maximum absolute atomic E-state index is 12.9. The maximum Gasteiger partial charge on any atom is 0.295 e. The molecule has 158 valence electrons. The van der Waals surface area contributed by atoms with Gasteiger partial charge in [0.1, 0.15) is 5.76 Å². The molecule has 3 rings (SSSR count). The van der Waals surface area contributed by atoms with E-state index in [0.29, 0.717) is 40.7 Å². The lowest BCUT2D eigenvalue weighted by atomic mass is 9.95. The zero-order chi connectivity index (χ0) is 21.8. The van der Waals surface area contributed by atoms with Crippen LogP contribution in [0.25, 0.3) is 5.76 Å². The standard InChI is InChI=1S/C23H23Cl2NO4/c1-14(2)30-13-3-12-26-20(15-4-8-17(24)9-5-15)19(22(28)23(26)29)21(27)16-6-10-18(25)11-7-16/h4-11,14,20,27H,3,12-13H2,1-2H3/t20-/m0/s1. The van der Waals surface area contributed by atoms with Gasteiger partial charge in [0.15, 0.2) is 0 Å². The number of aliphatic hydroxyl groups is 1. The van der Waals surface area contributed by atoms with Crippen LogP contribution in [0.2, 0.25) is 10.0 Å². The van der Waals surface area contributed by atoms with Crippen molar-refractivity contribution in [2.75, 3.05) is 13.2 Å². The molecular formula is C23H23Cl2NO4. The Morgan fingerprint density at radius 3 is 2.17 bits per heavy atom. The van der Waals surface area contributed by atoms with Gasteiger partial charge in [0.25, 0.3) is 11.7 Å². The molecule has 0 unspecified atom stereocenters. The molecule has 1 saturated heterocycles. The van der Waals surface area contributed by atoms with Crippen LogP contribution < -0.4 is 0 Å². The van der Waals surface area contributed by atoms with Crippen LogP contribution in [-0.2, 0) is 14.3 Å². The van der Waals surface area contributed by atoms with E-state index < -0.39 is 17.7 Å². The van der Waals surface area contributed by atoms with Crippen LogP contribution in [0.1, 0.15) is 37.4 Å². The molecule has 0 aromatic heterocycles. The smallest absolute Gasteiger partial charge is 0.295 e. The fourth-order valence-electron chi connectivity index (χ4n) is 3.42. The first-order chi connectivity index (χ1) is 14.3. The lowest BCUT2D eigenvalue weighted by molar-refractivity contribution is -0.140. The van der Waals surface area contributed by atoms with Crippen LogP contribution in [0, 0.1) is 0 Å². The summed E-state index contributed by atoms with van der Waals surface area (Å²) in [4.78, 5) is 27.2. The topological polar surface area (TPSA) is 66.8 Å². The minimum atomic E-state index is -0.716. The third-order valence-corrected chi connectivity index (χ3v) is 5.34. The number of halogens is 2. The first kappa shape index (κ1) is 22.3. The molecule has 1 heterocycles. The average molecular weight is 448 g/mol. The molecule has 1 atom stereocenters. The Bertz CT molecular complexity index is 952. The number of hydrogen-bond acceptors (Lipinski definition) is 4. The molecule has 30 heavy (non-hydrogen) atoms. The highest BCUT2D eigenvalue weighted by atomic mass is 35.5. The Morgan fingerprint density at radius 1 is 1.03 bits per heavy atom. The third kappa shape index (κ3) is 4.86. The number of aliphatic hydroxyl groups excluding tert-OH is 1. The van der Waals surface area contributed by atoms with Crippen molar-refractivity contribution < 1.29 is 19.4 Å². The number of carbonyl (C=O) groups excluding carboxylic acids is 2. The summed E-state index contributed by atoms with van der Waals surface area (Å²) in [5.74, 6) is -1.59. The van der Waals surface area contributed by atoms with Gasteiger partial charge in [-0.3, -0.25) is 9.59 Å². The maximum atomic E-state index is 12.9. The summed E-state index contributed by atoms with van der Waals surface area (Å²) < 4.78 is 5.56. The summed E-state index contributed by atoms with van der Waals surface area (Å²) in [6.45, 7) is 4.66. The van der Waals surface area contributed by atoms with Crippen molar-refractivity contribution in [1.82, 2.24) is 4.90 Å². The molecule has 1 aliphatic rings. The first-order valence-corrected chi connectivity index (χ1v) is 10.5. The van der Waals surface area contributed by atoms with E-state index in [1.807, 2.05) is 13.8 Å². The Labute approximate surface area is 185 Å². The fraction of sp³-hybridized carbons (Fsp3) is 0.304. The Morgan fingerprint density at radius 2 is 1.60 bits per heavy atom. The van der Waals surface area contributed by atoms with Crippen molar-refractivity contribution in [3.05, 3.63) is 75.3 Å². The average Bonchev–Trinajstić information content (AvgIpc) is 2.96. The molecular weight excluding hydrogens is 425 g/mol. The van der Waals surface area contributed by atoms with Crippen LogP contribution in [0.5, 0.6) is 0 Å². The molecule has 5 nitrogen and oxygen atoms in total. The zero-order valence-corrected chi connectivity index (χ0v) is 18.3. The SMILES string of the molecule is CC(C)OCCCN1C(=O)C(=O)C(=C(O)c2ccc(Cl)cc2)[C@@H]1c1ccc(Cl)cc1. The number of Topliss-reactive ketones (excluding diaryl/α,β-unsaturated/α-hetero) is 1. The van der Waals surface area contributed by atoms with Crippen molar-refractivity contribution in [1.29, 1.82) is 0 Å². The van der Waals surface area contributed by atoms with E-state index in [1.54, 1.807) is 48.5 Å². The lowest BCUT2D eigenvalue weighted by Crippen LogP contribution is -2.31. The third-order valence-electron chi connectivity index (χ3n) is 4.84. The molecule has 0 radical (unpaired) electrons. The molecule has 2 aromatic carbocycles. The fourth-order valence-corrected chi connectivity index (χ4v) is 3.67. The highest BCUT2D eigenvalue weighted by Crippen LogP contribution is 2.39. The normalized spacial score (nSPS) is 18.4. The van der Waals surface area contributed by atoms with Gasteiger partial charge in [0, 0.05) is 28.8 Å². The quantitative estimate of drug-likeness (QED) is 0.273. The van der Waals surface area contributed by atoms with E-state index in [9.17, 15) is 14.7 Å². The number of ether oxygens (including phenoxy) is 1. The van der Waals surface area contributed by atoms with Gasteiger partial charge in [-0.25, -0.2) is 0 Å². The van der Waals surface area contributed by atoms with Crippen LogP contribution in [0.4, 0.5) is 0 Å². The monoisotopic (exact) mass is 447 g/mol. The number of hydrogen-bond donors (Lipinski definition) is 1. The van der Waals surface area contributed by atoms with Crippen LogP contribution in [-0.4, -0.2) is 41.0 Å². The number of rotatable bonds is 7. The van der Waals surface area contributed by atoms with E-state index in [1.165, 1.54) is 4.90 Å². The second kappa shape index (κ2) is 9.65. The summed E-state index contributed by atoms with van der Waals surface area (Å²) >= 11 is 11.9. The van der Waals surface area contributed by atoms with E-state index >= 15 is 0 Å². The van der Waals surface area contributed by atoms with Crippen LogP contribution in [0.15, 0.2) is 54.1 Å². The summed E-state index contributed by atoms with van der Waals surface area (Å²) in [5.41, 5.74) is 1.16. The van der Waals surface area contributed by atoms with Gasteiger partial charge < -0.3 is 14.7 Å². The lowest BCUT2D eigenvalue weighted by Gasteiger charge is -2.25. The summed E-state index contributed by atoms with van der Waals surface area (Å²) in [6, 6.07) is 12.7. The molecule has 0 aliphatic carbocycles. The van der Waals surface area contributed by atoms with Gasteiger partial charge in [-0.1, -0.05) is 35.3 Å². The van der Waals surface area contributed by atoms with Crippen molar-refractivity contribution in [3.63, 3.8) is 0 Å². The molecule has 0 bridgehead atoms. The van der Waals surface area contributed by atoms with Gasteiger partial charge in [-0.2, -0.15) is 0 Å². The summed E-state index contributed by atoms with van der Waals surface area (Å²) in [7, 11) is 0. The molecule has 0 spiro atoms. The van der Waals surface area contributed by atoms with Gasteiger partial charge in [0.2, 0.25) is 0 Å². The zero-order valence-electron chi connectivity index (χ0n) is 16.8.